The van der Waals surface area contributed by atoms with E-state index in [0.29, 0.717) is 13.0 Å². The number of hydrogen-bond donors (Lipinski definition) is 1. The molecule has 0 amide bonds. The van der Waals surface area contributed by atoms with E-state index >= 15 is 0 Å². The Morgan fingerprint density at radius 1 is 1.25 bits per heavy atom. The zero-order chi connectivity index (χ0) is 14.6. The second-order valence-electron chi connectivity index (χ2n) is 6.01. The topological polar surface area (TPSA) is 47.9 Å². The van der Waals surface area contributed by atoms with Gasteiger partial charge in [-0.25, -0.2) is 0 Å². The second-order valence-corrected chi connectivity index (χ2v) is 6.01. The van der Waals surface area contributed by atoms with Gasteiger partial charge in [0.25, 0.3) is 0 Å². The van der Waals surface area contributed by atoms with Gasteiger partial charge in [0.15, 0.2) is 5.79 Å². The Morgan fingerprint density at radius 3 is 2.80 bits per heavy atom. The highest BCUT2D eigenvalue weighted by Gasteiger charge is 2.49. The summed E-state index contributed by atoms with van der Waals surface area (Å²) in [6.45, 7) is 6.37. The zero-order valence-corrected chi connectivity index (χ0v) is 12.7. The fourth-order valence-electron chi connectivity index (χ4n) is 2.63. The molecule has 0 unspecified atom stereocenters. The number of rotatable bonds is 4. The van der Waals surface area contributed by atoms with E-state index in [1.807, 2.05) is 13.8 Å². The first kappa shape index (κ1) is 15.8. The average molecular weight is 282 g/mol. The lowest BCUT2D eigenvalue weighted by atomic mass is 10.0. The standard InChI is InChI=1S/C16H26O4/c1-4-5-6-7-8-9-10-12-14(17)15-13(19-12)11-18-16(2,3)20-15/h12-15,17H,4-7,10-11H2,1-3H3/t12-,13-,14+,15+/m0/s1. The lowest BCUT2D eigenvalue weighted by Crippen LogP contribution is -2.50. The molecular formula is C16H26O4. The predicted octanol–water partition coefficient (Wildman–Crippen LogP) is 2.24. The lowest BCUT2D eigenvalue weighted by Gasteiger charge is -2.37. The summed E-state index contributed by atoms with van der Waals surface area (Å²) in [6.07, 6.45) is 3.71. The van der Waals surface area contributed by atoms with E-state index in [-0.39, 0.29) is 18.3 Å². The molecule has 0 bridgehead atoms. The quantitative estimate of drug-likeness (QED) is 0.634. The number of fused-ring (bicyclic) bond motifs is 1. The minimum Gasteiger partial charge on any atom is -0.388 e. The van der Waals surface area contributed by atoms with Crippen molar-refractivity contribution in [3.05, 3.63) is 0 Å². The van der Waals surface area contributed by atoms with Crippen molar-refractivity contribution in [1.82, 2.24) is 0 Å². The van der Waals surface area contributed by atoms with Crippen LogP contribution in [0.1, 0.15) is 52.9 Å². The van der Waals surface area contributed by atoms with Crippen LogP contribution in [0.2, 0.25) is 0 Å². The maximum absolute atomic E-state index is 10.3. The van der Waals surface area contributed by atoms with Crippen LogP contribution in [0.3, 0.4) is 0 Å². The molecule has 2 fully saturated rings. The molecule has 0 aromatic rings. The van der Waals surface area contributed by atoms with Crippen LogP contribution < -0.4 is 0 Å². The van der Waals surface area contributed by atoms with Gasteiger partial charge in [0.1, 0.15) is 18.3 Å². The highest BCUT2D eigenvalue weighted by Crippen LogP contribution is 2.34. The van der Waals surface area contributed by atoms with Crippen molar-refractivity contribution in [3.8, 4) is 11.8 Å². The summed E-state index contributed by atoms with van der Waals surface area (Å²) in [6, 6.07) is 0. The first-order valence-electron chi connectivity index (χ1n) is 7.64. The van der Waals surface area contributed by atoms with Gasteiger partial charge >= 0.3 is 0 Å². The molecule has 2 aliphatic heterocycles. The van der Waals surface area contributed by atoms with Crippen LogP contribution in [0, 0.1) is 11.8 Å². The van der Waals surface area contributed by atoms with Crippen molar-refractivity contribution < 1.29 is 19.3 Å². The van der Waals surface area contributed by atoms with E-state index in [1.165, 1.54) is 12.8 Å². The van der Waals surface area contributed by atoms with Gasteiger partial charge in [-0.3, -0.25) is 0 Å². The Labute approximate surface area is 121 Å². The lowest BCUT2D eigenvalue weighted by molar-refractivity contribution is -0.300. The van der Waals surface area contributed by atoms with Crippen LogP contribution in [-0.4, -0.2) is 41.9 Å². The molecule has 0 radical (unpaired) electrons. The third-order valence-corrected chi connectivity index (χ3v) is 3.78. The molecule has 114 valence electrons. The summed E-state index contributed by atoms with van der Waals surface area (Å²) in [4.78, 5) is 0. The molecule has 1 N–H and O–H groups in total. The predicted molar refractivity (Wildman–Crippen MR) is 76.1 cm³/mol. The van der Waals surface area contributed by atoms with E-state index in [4.69, 9.17) is 14.2 Å². The van der Waals surface area contributed by atoms with Crippen molar-refractivity contribution in [3.63, 3.8) is 0 Å². The first-order valence-corrected chi connectivity index (χ1v) is 7.64. The van der Waals surface area contributed by atoms with Crippen molar-refractivity contribution in [1.29, 1.82) is 0 Å². The smallest absolute Gasteiger partial charge is 0.163 e. The van der Waals surface area contributed by atoms with Gasteiger partial charge in [0.05, 0.1) is 12.7 Å². The Hall–Kier alpha value is -0.600. The Morgan fingerprint density at radius 2 is 2.05 bits per heavy atom. The molecule has 0 spiro atoms. The molecule has 2 aliphatic rings. The summed E-state index contributed by atoms with van der Waals surface area (Å²) in [5.41, 5.74) is 0. The number of ether oxygens (including phenoxy) is 3. The molecule has 4 atom stereocenters. The van der Waals surface area contributed by atoms with Crippen LogP contribution in [-0.2, 0) is 14.2 Å². The van der Waals surface area contributed by atoms with E-state index in [1.54, 1.807) is 0 Å². The molecule has 2 heterocycles. The summed E-state index contributed by atoms with van der Waals surface area (Å²) in [7, 11) is 0. The molecule has 4 nitrogen and oxygen atoms in total. The van der Waals surface area contributed by atoms with Gasteiger partial charge in [-0.2, -0.15) is 0 Å². The SMILES string of the molecule is CCCCCC#CC[C@@H]1O[C@H]2COC(C)(C)O[C@H]2[C@@H]1O. The van der Waals surface area contributed by atoms with E-state index in [9.17, 15) is 5.11 Å². The van der Waals surface area contributed by atoms with Gasteiger partial charge in [0, 0.05) is 12.8 Å². The van der Waals surface area contributed by atoms with Crippen LogP contribution in [0.15, 0.2) is 0 Å². The van der Waals surface area contributed by atoms with Gasteiger partial charge in [-0.15, -0.1) is 11.8 Å². The highest BCUT2D eigenvalue weighted by molar-refractivity contribution is 5.05. The fourth-order valence-corrected chi connectivity index (χ4v) is 2.63. The molecular weight excluding hydrogens is 256 g/mol. The average Bonchev–Trinajstić information content (AvgIpc) is 2.70. The van der Waals surface area contributed by atoms with E-state index < -0.39 is 11.9 Å². The summed E-state index contributed by atoms with van der Waals surface area (Å²) >= 11 is 0. The van der Waals surface area contributed by atoms with Gasteiger partial charge in [-0.05, 0) is 20.3 Å². The first-order chi connectivity index (χ1) is 9.53. The third-order valence-electron chi connectivity index (χ3n) is 3.78. The van der Waals surface area contributed by atoms with Gasteiger partial charge in [-0.1, -0.05) is 19.8 Å². The minimum atomic E-state index is -0.647. The third kappa shape index (κ3) is 3.95. The summed E-state index contributed by atoms with van der Waals surface area (Å²) in [5.74, 6) is 5.62. The molecule has 20 heavy (non-hydrogen) atoms. The van der Waals surface area contributed by atoms with Crippen molar-refractivity contribution in [2.24, 2.45) is 0 Å². The Bertz CT molecular complexity index is 368. The summed E-state index contributed by atoms with van der Waals surface area (Å²) < 4.78 is 17.1. The highest BCUT2D eigenvalue weighted by atomic mass is 16.7. The monoisotopic (exact) mass is 282 g/mol. The molecule has 2 saturated heterocycles. The molecule has 0 aliphatic carbocycles. The minimum absolute atomic E-state index is 0.176. The summed E-state index contributed by atoms with van der Waals surface area (Å²) in [5, 5.41) is 10.3. The Kier molecular flexibility index (Phi) is 5.45. The number of hydrogen-bond acceptors (Lipinski definition) is 4. The Balaban J connectivity index is 1.80. The normalized spacial score (nSPS) is 35.2. The maximum atomic E-state index is 10.3. The maximum Gasteiger partial charge on any atom is 0.163 e. The van der Waals surface area contributed by atoms with E-state index in [0.717, 1.165) is 12.8 Å². The van der Waals surface area contributed by atoms with Crippen molar-refractivity contribution >= 4 is 0 Å². The van der Waals surface area contributed by atoms with Crippen molar-refractivity contribution in [2.45, 2.75) is 83.1 Å². The van der Waals surface area contributed by atoms with Crippen LogP contribution >= 0.6 is 0 Å². The number of aliphatic hydroxyl groups is 1. The number of aliphatic hydroxyl groups excluding tert-OH is 1. The molecule has 4 heteroatoms. The zero-order valence-electron chi connectivity index (χ0n) is 12.7. The fraction of sp³-hybridized carbons (Fsp3) is 0.875. The largest absolute Gasteiger partial charge is 0.388 e. The molecule has 0 aromatic carbocycles. The van der Waals surface area contributed by atoms with Gasteiger partial charge < -0.3 is 19.3 Å². The van der Waals surface area contributed by atoms with E-state index in [2.05, 4.69) is 18.8 Å². The van der Waals surface area contributed by atoms with Crippen LogP contribution in [0.5, 0.6) is 0 Å². The number of unbranched alkanes of at least 4 members (excludes halogenated alkanes) is 3. The van der Waals surface area contributed by atoms with Crippen LogP contribution in [0.25, 0.3) is 0 Å². The van der Waals surface area contributed by atoms with Crippen LogP contribution in [0.4, 0.5) is 0 Å². The molecule has 0 aromatic heterocycles. The van der Waals surface area contributed by atoms with Gasteiger partial charge in [0.2, 0.25) is 0 Å². The van der Waals surface area contributed by atoms with Crippen molar-refractivity contribution in [2.75, 3.05) is 6.61 Å². The second kappa shape index (κ2) is 6.91. The molecule has 2 rings (SSSR count). The molecule has 0 saturated carbocycles.